The molecule has 0 radical (unpaired) electrons. The van der Waals surface area contributed by atoms with Crippen molar-refractivity contribution in [3.8, 4) is 11.5 Å². The van der Waals surface area contributed by atoms with Gasteiger partial charge in [0.2, 0.25) is 0 Å². The van der Waals surface area contributed by atoms with Crippen LogP contribution in [0.3, 0.4) is 0 Å². The summed E-state index contributed by atoms with van der Waals surface area (Å²) in [6, 6.07) is 7.68. The lowest BCUT2D eigenvalue weighted by molar-refractivity contribution is -0.0290. The average Bonchev–Trinajstić information content (AvgIpc) is 2.98. The molecule has 11 nitrogen and oxygen atoms in total. The van der Waals surface area contributed by atoms with Crippen LogP contribution in [-0.4, -0.2) is 118 Å². The summed E-state index contributed by atoms with van der Waals surface area (Å²) in [5.41, 5.74) is 4.84. The number of aromatic hydroxyl groups is 2. The summed E-state index contributed by atoms with van der Waals surface area (Å²) >= 11 is 0. The number of rotatable bonds is 14. The Hall–Kier alpha value is -2.32. The number of nitrogens with zero attached hydrogens (tertiary/aromatic N) is 2. The predicted molar refractivity (Wildman–Crippen MR) is 159 cm³/mol. The molecule has 0 aromatic heterocycles. The van der Waals surface area contributed by atoms with Crippen LogP contribution in [-0.2, 0) is 35.8 Å². The largest absolute Gasteiger partial charge is 0.507 e. The van der Waals surface area contributed by atoms with E-state index in [0.717, 1.165) is 67.9 Å². The highest BCUT2D eigenvalue weighted by atomic mass is 16.5. The van der Waals surface area contributed by atoms with Gasteiger partial charge in [0.1, 0.15) is 23.7 Å². The van der Waals surface area contributed by atoms with E-state index in [0.29, 0.717) is 24.2 Å². The molecule has 42 heavy (non-hydrogen) atoms. The number of phenolic OH excluding ortho intramolecular Hbond substituents is 2. The van der Waals surface area contributed by atoms with Crippen molar-refractivity contribution in [2.75, 3.05) is 65.7 Å². The molecule has 2 aromatic rings. The van der Waals surface area contributed by atoms with E-state index in [9.17, 15) is 30.6 Å². The molecule has 0 saturated carbocycles. The number of ether oxygens (including phenoxy) is 2. The Labute approximate surface area is 248 Å². The Morgan fingerprint density at radius 3 is 1.52 bits per heavy atom. The molecule has 1 saturated heterocycles. The number of hydrogen-bond acceptors (Lipinski definition) is 11. The van der Waals surface area contributed by atoms with Crippen molar-refractivity contribution in [2.24, 2.45) is 0 Å². The molecule has 3 rings (SSSR count). The fourth-order valence-corrected chi connectivity index (χ4v) is 5.17. The van der Waals surface area contributed by atoms with Gasteiger partial charge in [-0.05, 0) is 33.4 Å². The van der Waals surface area contributed by atoms with Gasteiger partial charge in [-0.2, -0.15) is 0 Å². The molecule has 11 heteroatoms. The molecule has 0 atom stereocenters. The molecule has 0 spiro atoms. The van der Waals surface area contributed by atoms with Crippen molar-refractivity contribution in [1.82, 2.24) is 15.1 Å². The zero-order valence-electron chi connectivity index (χ0n) is 25.0. The lowest BCUT2D eigenvalue weighted by Crippen LogP contribution is -2.41. The van der Waals surface area contributed by atoms with E-state index in [-0.39, 0.29) is 51.1 Å². The van der Waals surface area contributed by atoms with Crippen molar-refractivity contribution >= 4 is 0 Å². The van der Waals surface area contributed by atoms with Crippen LogP contribution >= 0.6 is 0 Å². The Morgan fingerprint density at radius 2 is 1.07 bits per heavy atom. The van der Waals surface area contributed by atoms with Gasteiger partial charge in [-0.3, -0.25) is 9.80 Å². The fourth-order valence-electron chi connectivity index (χ4n) is 5.17. The van der Waals surface area contributed by atoms with Gasteiger partial charge >= 0.3 is 0 Å². The number of nitrogens with one attached hydrogen (secondary N) is 1. The van der Waals surface area contributed by atoms with Crippen LogP contribution in [0.1, 0.15) is 39.8 Å². The fraction of sp³-hybridized carbons (Fsp3) is 0.613. The van der Waals surface area contributed by atoms with Gasteiger partial charge in [0.15, 0.2) is 0 Å². The molecule has 1 heterocycles. The van der Waals surface area contributed by atoms with E-state index in [1.165, 1.54) is 0 Å². The van der Waals surface area contributed by atoms with Crippen LogP contribution in [0, 0.1) is 13.8 Å². The highest BCUT2D eigenvalue weighted by Crippen LogP contribution is 2.29. The molecule has 1 aliphatic heterocycles. The molecule has 0 bridgehead atoms. The van der Waals surface area contributed by atoms with Crippen LogP contribution < -0.4 is 5.32 Å². The van der Waals surface area contributed by atoms with E-state index in [1.807, 2.05) is 38.1 Å². The zero-order valence-corrected chi connectivity index (χ0v) is 25.0. The first-order chi connectivity index (χ1) is 20.3. The summed E-state index contributed by atoms with van der Waals surface area (Å²) in [6.45, 7) is 8.96. The predicted octanol–water partition coefficient (Wildman–Crippen LogP) is 0.752. The van der Waals surface area contributed by atoms with Gasteiger partial charge in [0, 0.05) is 61.5 Å². The van der Waals surface area contributed by atoms with Gasteiger partial charge in [-0.25, -0.2) is 0 Å². The summed E-state index contributed by atoms with van der Waals surface area (Å²) < 4.78 is 11.1. The Morgan fingerprint density at radius 1 is 0.643 bits per heavy atom. The van der Waals surface area contributed by atoms with Crippen LogP contribution in [0.2, 0.25) is 0 Å². The molecule has 236 valence electrons. The monoisotopic (exact) mass is 591 g/mol. The summed E-state index contributed by atoms with van der Waals surface area (Å²) in [7, 11) is 0. The molecule has 7 N–H and O–H groups in total. The average molecular weight is 592 g/mol. The lowest BCUT2D eigenvalue weighted by atomic mass is 10.0. The van der Waals surface area contributed by atoms with Crippen molar-refractivity contribution < 1.29 is 40.1 Å². The van der Waals surface area contributed by atoms with Gasteiger partial charge in [0.25, 0.3) is 0 Å². The minimum Gasteiger partial charge on any atom is -0.507 e. The summed E-state index contributed by atoms with van der Waals surface area (Å²) in [5, 5.41) is 62.8. The maximum absolute atomic E-state index is 11.0. The second kappa shape index (κ2) is 17.7. The van der Waals surface area contributed by atoms with Crippen LogP contribution in [0.25, 0.3) is 0 Å². The number of aryl methyl sites for hydroxylation is 2. The maximum Gasteiger partial charge on any atom is 0.125 e. The molecule has 0 unspecified atom stereocenters. The molecule has 0 amide bonds. The number of benzene rings is 2. The van der Waals surface area contributed by atoms with Crippen molar-refractivity contribution in [3.05, 3.63) is 57.6 Å². The van der Waals surface area contributed by atoms with E-state index >= 15 is 0 Å². The van der Waals surface area contributed by atoms with Crippen LogP contribution in [0.4, 0.5) is 0 Å². The van der Waals surface area contributed by atoms with E-state index < -0.39 is 12.2 Å². The minimum absolute atomic E-state index is 0.0926. The third-order valence-corrected chi connectivity index (χ3v) is 7.54. The summed E-state index contributed by atoms with van der Waals surface area (Å²) in [5.74, 6) is 0.340. The molecule has 1 aliphatic rings. The summed E-state index contributed by atoms with van der Waals surface area (Å²) in [4.78, 5) is 4.62. The maximum atomic E-state index is 11.0. The lowest BCUT2D eigenvalue weighted by Gasteiger charge is -2.30. The Balaban J connectivity index is 1.71. The van der Waals surface area contributed by atoms with E-state index in [1.54, 1.807) is 0 Å². The van der Waals surface area contributed by atoms with Gasteiger partial charge in [0.05, 0.1) is 39.6 Å². The standard InChI is InChI=1S/C31H49N3O8/c1-22-10-24(30(39)26(12-22)20-41-28(16-35)17-36)14-33-6-3-4-32-5-7-34(9-8-33)15-25-11-23(2)13-27(31(25)40)21-42-29(18-37)19-38/h10-13,28-29,32,35-40H,3-9,14-21H2,1-2H3. The smallest absolute Gasteiger partial charge is 0.125 e. The topological polar surface area (TPSA) is 158 Å². The third-order valence-electron chi connectivity index (χ3n) is 7.54. The number of aliphatic hydroxyl groups excluding tert-OH is 4. The molecular weight excluding hydrogens is 542 g/mol. The second-order valence-corrected chi connectivity index (χ2v) is 11.1. The second-order valence-electron chi connectivity index (χ2n) is 11.1. The number of hydrogen-bond donors (Lipinski definition) is 7. The Bertz CT molecular complexity index is 1010. The number of phenols is 2. The van der Waals surface area contributed by atoms with E-state index in [2.05, 4.69) is 15.1 Å². The highest BCUT2D eigenvalue weighted by Gasteiger charge is 2.19. The molecular formula is C31H49N3O8. The molecule has 0 aliphatic carbocycles. The normalized spacial score (nSPS) is 16.0. The first-order valence-electron chi connectivity index (χ1n) is 14.7. The first kappa shape index (κ1) is 34.2. The zero-order chi connectivity index (χ0) is 30.5. The van der Waals surface area contributed by atoms with E-state index in [4.69, 9.17) is 9.47 Å². The third kappa shape index (κ3) is 10.4. The van der Waals surface area contributed by atoms with Crippen LogP contribution in [0.15, 0.2) is 24.3 Å². The van der Waals surface area contributed by atoms with Crippen molar-refractivity contribution in [3.63, 3.8) is 0 Å². The molecule has 1 fully saturated rings. The minimum atomic E-state index is -0.693. The molecule has 2 aromatic carbocycles. The van der Waals surface area contributed by atoms with Crippen LogP contribution in [0.5, 0.6) is 11.5 Å². The van der Waals surface area contributed by atoms with Gasteiger partial charge in [-0.1, -0.05) is 35.4 Å². The summed E-state index contributed by atoms with van der Waals surface area (Å²) in [6.07, 6.45) is -0.410. The first-order valence-corrected chi connectivity index (χ1v) is 14.7. The number of aliphatic hydroxyl groups is 4. The van der Waals surface area contributed by atoms with Crippen molar-refractivity contribution in [2.45, 2.75) is 58.8 Å². The quantitative estimate of drug-likeness (QED) is 0.166. The van der Waals surface area contributed by atoms with Crippen molar-refractivity contribution in [1.29, 1.82) is 0 Å². The SMILES string of the molecule is Cc1cc(COC(CO)CO)c(O)c(CN2CCCNCCN(Cc3cc(C)cc(COC(CO)CO)c3O)CC2)c1. The Kier molecular flexibility index (Phi) is 14.4. The van der Waals surface area contributed by atoms with Gasteiger partial charge in [-0.15, -0.1) is 0 Å². The highest BCUT2D eigenvalue weighted by molar-refractivity contribution is 5.44. The van der Waals surface area contributed by atoms with Gasteiger partial charge < -0.3 is 45.4 Å².